The van der Waals surface area contributed by atoms with Crippen molar-refractivity contribution in [1.29, 1.82) is 0 Å². The van der Waals surface area contributed by atoms with Gasteiger partial charge in [-0.15, -0.1) is 0 Å². The molecule has 3 N–H and O–H groups in total. The molecule has 0 radical (unpaired) electrons. The third-order valence-corrected chi connectivity index (χ3v) is 6.21. The highest BCUT2D eigenvalue weighted by molar-refractivity contribution is 7.88. The fraction of sp³-hybridized carbons (Fsp3) is 0.240. The van der Waals surface area contributed by atoms with Gasteiger partial charge in [-0.05, 0) is 41.0 Å². The van der Waals surface area contributed by atoms with E-state index in [1.807, 2.05) is 62.4 Å². The molecule has 0 aromatic heterocycles. The van der Waals surface area contributed by atoms with Gasteiger partial charge in [0.1, 0.15) is 17.6 Å². The molecular weight excluding hydrogens is 440 g/mol. The molecule has 0 saturated carbocycles. The smallest absolute Gasteiger partial charge is 0.226 e. The molecule has 1 aliphatic heterocycles. The van der Waals surface area contributed by atoms with Crippen LogP contribution < -0.4 is 19.9 Å². The van der Waals surface area contributed by atoms with E-state index in [9.17, 15) is 13.2 Å². The summed E-state index contributed by atoms with van der Waals surface area (Å²) in [7, 11) is -2.11. The Bertz CT molecular complexity index is 1320. The van der Waals surface area contributed by atoms with Gasteiger partial charge in [0.15, 0.2) is 0 Å². The summed E-state index contributed by atoms with van der Waals surface area (Å²) in [6.45, 7) is 3.66. The molecule has 8 heteroatoms. The second-order valence-electron chi connectivity index (χ2n) is 8.33. The number of anilines is 1. The molecule has 1 amide bonds. The van der Waals surface area contributed by atoms with Crippen LogP contribution in [0.1, 0.15) is 36.6 Å². The van der Waals surface area contributed by atoms with E-state index >= 15 is 0 Å². The van der Waals surface area contributed by atoms with Gasteiger partial charge in [-0.2, -0.15) is 0 Å². The first-order valence-corrected chi connectivity index (χ1v) is 12.3. The zero-order valence-corrected chi connectivity index (χ0v) is 19.5. The lowest BCUT2D eigenvalue weighted by Gasteiger charge is -2.30. The largest absolute Gasteiger partial charge is 0.496 e. The molecule has 4 rings (SSSR count). The summed E-state index contributed by atoms with van der Waals surface area (Å²) >= 11 is 0. The first-order valence-electron chi connectivity index (χ1n) is 10.5. The number of rotatable bonds is 6. The SMILES string of the molecule is COc1cccc2c1-c1ccc(CS(N)(=O)=O)cc1C(c1cccc(NC(=O)C(C)C)c1)O2. The average molecular weight is 467 g/mol. The van der Waals surface area contributed by atoms with Gasteiger partial charge in [0, 0.05) is 17.2 Å². The molecule has 172 valence electrons. The molecule has 0 saturated heterocycles. The van der Waals surface area contributed by atoms with E-state index in [0.29, 0.717) is 22.7 Å². The molecule has 0 aliphatic carbocycles. The van der Waals surface area contributed by atoms with Crippen LogP contribution in [0.4, 0.5) is 5.69 Å². The van der Waals surface area contributed by atoms with Gasteiger partial charge >= 0.3 is 0 Å². The second-order valence-corrected chi connectivity index (χ2v) is 9.94. The van der Waals surface area contributed by atoms with Crippen molar-refractivity contribution in [2.45, 2.75) is 25.7 Å². The molecule has 0 fully saturated rings. The van der Waals surface area contributed by atoms with Gasteiger partial charge in [0.05, 0.1) is 18.4 Å². The molecule has 0 spiro atoms. The fourth-order valence-electron chi connectivity index (χ4n) is 3.93. The third kappa shape index (κ3) is 4.86. The van der Waals surface area contributed by atoms with Crippen molar-refractivity contribution >= 4 is 21.6 Å². The zero-order chi connectivity index (χ0) is 23.8. The van der Waals surface area contributed by atoms with Crippen molar-refractivity contribution in [1.82, 2.24) is 0 Å². The summed E-state index contributed by atoms with van der Waals surface area (Å²) in [6.07, 6.45) is -0.518. The maximum Gasteiger partial charge on any atom is 0.226 e. The van der Waals surface area contributed by atoms with Gasteiger partial charge in [-0.1, -0.05) is 50.2 Å². The summed E-state index contributed by atoms with van der Waals surface area (Å²) in [4.78, 5) is 12.2. The fourth-order valence-corrected chi connectivity index (χ4v) is 4.57. The number of benzene rings is 3. The maximum absolute atomic E-state index is 12.2. The normalized spacial score (nSPS) is 14.8. The molecule has 1 heterocycles. The van der Waals surface area contributed by atoms with Gasteiger partial charge < -0.3 is 14.8 Å². The summed E-state index contributed by atoms with van der Waals surface area (Å²) in [6, 6.07) is 18.5. The molecule has 33 heavy (non-hydrogen) atoms. The van der Waals surface area contributed by atoms with Crippen LogP contribution in [0.3, 0.4) is 0 Å². The lowest BCUT2D eigenvalue weighted by Crippen LogP contribution is -2.19. The van der Waals surface area contributed by atoms with Crippen molar-refractivity contribution < 1.29 is 22.7 Å². The van der Waals surface area contributed by atoms with E-state index in [1.165, 1.54) is 0 Å². The lowest BCUT2D eigenvalue weighted by molar-refractivity contribution is -0.118. The molecule has 1 unspecified atom stereocenters. The van der Waals surface area contributed by atoms with Crippen LogP contribution in [-0.2, 0) is 20.6 Å². The zero-order valence-electron chi connectivity index (χ0n) is 18.7. The number of sulfonamides is 1. The standard InChI is InChI=1S/C25H26N2O5S/c1-15(2)25(28)27-18-7-4-6-17(13-18)24-20-12-16(14-33(26,29)30)10-11-19(20)23-21(31-3)8-5-9-22(23)32-24/h4-13,15,24H,14H2,1-3H3,(H,27,28)(H2,26,29,30). The highest BCUT2D eigenvalue weighted by Crippen LogP contribution is 2.49. The predicted octanol–water partition coefficient (Wildman–Crippen LogP) is 4.23. The Labute approximate surface area is 193 Å². The molecular formula is C25H26N2O5S. The molecule has 0 bridgehead atoms. The maximum atomic E-state index is 12.2. The van der Waals surface area contributed by atoms with Crippen LogP contribution in [0.2, 0.25) is 0 Å². The number of fused-ring (bicyclic) bond motifs is 3. The van der Waals surface area contributed by atoms with E-state index in [1.54, 1.807) is 19.2 Å². The lowest BCUT2D eigenvalue weighted by atomic mass is 9.88. The summed E-state index contributed by atoms with van der Waals surface area (Å²) in [5.41, 5.74) is 4.52. The molecule has 3 aromatic rings. The van der Waals surface area contributed by atoms with Crippen molar-refractivity contribution in [2.24, 2.45) is 11.1 Å². The number of carbonyl (C=O) groups excluding carboxylic acids is 1. The minimum absolute atomic E-state index is 0.0809. The van der Waals surface area contributed by atoms with Crippen molar-refractivity contribution in [3.8, 4) is 22.6 Å². The Morgan fingerprint density at radius 1 is 1.12 bits per heavy atom. The summed E-state index contributed by atoms with van der Waals surface area (Å²) in [5.74, 6) is 0.797. The molecule has 7 nitrogen and oxygen atoms in total. The molecule has 1 aliphatic rings. The quantitative estimate of drug-likeness (QED) is 0.565. The van der Waals surface area contributed by atoms with Gasteiger partial charge in [0.25, 0.3) is 0 Å². The highest BCUT2D eigenvalue weighted by atomic mass is 32.2. The van der Waals surface area contributed by atoms with Crippen LogP contribution in [-0.4, -0.2) is 21.4 Å². The topological polar surface area (TPSA) is 108 Å². The van der Waals surface area contributed by atoms with E-state index in [4.69, 9.17) is 14.6 Å². The monoisotopic (exact) mass is 466 g/mol. The van der Waals surface area contributed by atoms with Crippen LogP contribution in [0.5, 0.6) is 11.5 Å². The minimum atomic E-state index is -3.70. The second kappa shape index (κ2) is 8.88. The number of hydrogen-bond acceptors (Lipinski definition) is 5. The number of nitrogens with two attached hydrogens (primary N) is 1. The van der Waals surface area contributed by atoms with E-state index < -0.39 is 16.1 Å². The third-order valence-electron chi connectivity index (χ3n) is 5.47. The molecule has 1 atom stereocenters. The van der Waals surface area contributed by atoms with E-state index in [0.717, 1.165) is 22.3 Å². The van der Waals surface area contributed by atoms with Gasteiger partial charge in [-0.3, -0.25) is 4.79 Å². The Hall–Kier alpha value is -3.36. The number of primary sulfonamides is 1. The summed E-state index contributed by atoms with van der Waals surface area (Å²) < 4.78 is 35.4. The number of hydrogen-bond donors (Lipinski definition) is 2. The Kier molecular flexibility index (Phi) is 6.14. The number of methoxy groups -OCH3 is 1. The Morgan fingerprint density at radius 3 is 2.58 bits per heavy atom. The van der Waals surface area contributed by atoms with E-state index in [-0.39, 0.29) is 17.6 Å². The van der Waals surface area contributed by atoms with Gasteiger partial charge in [0.2, 0.25) is 15.9 Å². The number of nitrogens with one attached hydrogen (secondary N) is 1. The van der Waals surface area contributed by atoms with Crippen molar-refractivity contribution in [3.05, 3.63) is 77.4 Å². The van der Waals surface area contributed by atoms with Crippen LogP contribution in [0, 0.1) is 5.92 Å². The average Bonchev–Trinajstić information content (AvgIpc) is 2.76. The van der Waals surface area contributed by atoms with Crippen LogP contribution in [0.15, 0.2) is 60.7 Å². The van der Waals surface area contributed by atoms with E-state index in [2.05, 4.69) is 5.32 Å². The van der Waals surface area contributed by atoms with Gasteiger partial charge in [-0.25, -0.2) is 13.6 Å². The number of carbonyl (C=O) groups is 1. The van der Waals surface area contributed by atoms with Crippen molar-refractivity contribution in [2.75, 3.05) is 12.4 Å². The summed E-state index contributed by atoms with van der Waals surface area (Å²) in [5, 5.41) is 8.20. The first-order chi connectivity index (χ1) is 15.7. The number of ether oxygens (including phenoxy) is 2. The predicted molar refractivity (Wildman–Crippen MR) is 128 cm³/mol. The van der Waals surface area contributed by atoms with Crippen molar-refractivity contribution in [3.63, 3.8) is 0 Å². The highest BCUT2D eigenvalue weighted by Gasteiger charge is 2.30. The Morgan fingerprint density at radius 2 is 1.88 bits per heavy atom. The Balaban J connectivity index is 1.84. The van der Waals surface area contributed by atoms with Crippen LogP contribution >= 0.6 is 0 Å². The minimum Gasteiger partial charge on any atom is -0.496 e. The number of amides is 1. The first kappa shape index (κ1) is 22.8. The van der Waals surface area contributed by atoms with Crippen LogP contribution in [0.25, 0.3) is 11.1 Å². The molecule has 3 aromatic carbocycles.